The molecule has 0 fully saturated rings. The van der Waals surface area contributed by atoms with Crippen molar-refractivity contribution in [3.05, 3.63) is 105 Å². The lowest BCUT2D eigenvalue weighted by molar-refractivity contribution is -0.384. The summed E-state index contributed by atoms with van der Waals surface area (Å²) in [6.45, 7) is 0. The normalized spacial score (nSPS) is 10.7. The second-order valence-electron chi connectivity index (χ2n) is 6.96. The first-order chi connectivity index (χ1) is 15.9. The van der Waals surface area contributed by atoms with Crippen LogP contribution in [-0.2, 0) is 0 Å². The number of phenols is 2. The Kier molecular flexibility index (Phi) is 5.97. The summed E-state index contributed by atoms with van der Waals surface area (Å²) in [7, 11) is 0. The molecular weight excluding hydrogens is 444 g/mol. The topological polar surface area (TPSA) is 127 Å². The van der Waals surface area contributed by atoms with Crippen LogP contribution in [0.5, 0.6) is 11.5 Å². The van der Waals surface area contributed by atoms with Gasteiger partial charge in [-0.3, -0.25) is 20.2 Å². The molecule has 0 saturated carbocycles. The molecule has 33 heavy (non-hydrogen) atoms. The highest BCUT2D eigenvalue weighted by Crippen LogP contribution is 2.50. The summed E-state index contributed by atoms with van der Waals surface area (Å²) in [6.07, 6.45) is 0. The summed E-state index contributed by atoms with van der Waals surface area (Å²) in [4.78, 5) is 22.5. The van der Waals surface area contributed by atoms with Crippen LogP contribution < -0.4 is 0 Å². The van der Waals surface area contributed by atoms with Gasteiger partial charge in [0.25, 0.3) is 11.4 Å². The highest BCUT2D eigenvalue weighted by molar-refractivity contribution is 7.99. The van der Waals surface area contributed by atoms with Crippen molar-refractivity contribution in [1.29, 1.82) is 0 Å². The second-order valence-corrected chi connectivity index (χ2v) is 8.04. The Bertz CT molecular complexity index is 1260. The SMILES string of the molecule is O=[N+]([O-])c1ccc(Sc2ccc([N+](=O)[O-])c(-c3ccccc3)c2O)c(O)c1-c1ccccc1. The summed E-state index contributed by atoms with van der Waals surface area (Å²) >= 11 is 0.954. The molecule has 4 rings (SSSR count). The average Bonchev–Trinajstić information content (AvgIpc) is 2.82. The third kappa shape index (κ3) is 4.21. The third-order valence-corrected chi connectivity index (χ3v) is 6.07. The number of rotatable bonds is 6. The Hall–Kier alpha value is -4.37. The van der Waals surface area contributed by atoms with Crippen LogP contribution in [0.3, 0.4) is 0 Å². The molecule has 2 N–H and O–H groups in total. The summed E-state index contributed by atoms with van der Waals surface area (Å²) in [5, 5.41) is 45.0. The van der Waals surface area contributed by atoms with E-state index in [1.54, 1.807) is 60.7 Å². The van der Waals surface area contributed by atoms with Crippen molar-refractivity contribution in [3.8, 4) is 33.8 Å². The van der Waals surface area contributed by atoms with Crippen molar-refractivity contribution in [2.75, 3.05) is 0 Å². The fourth-order valence-corrected chi connectivity index (χ4v) is 4.40. The van der Waals surface area contributed by atoms with Crippen molar-refractivity contribution in [2.24, 2.45) is 0 Å². The van der Waals surface area contributed by atoms with Crippen LogP contribution in [0.15, 0.2) is 94.7 Å². The van der Waals surface area contributed by atoms with Gasteiger partial charge in [-0.25, -0.2) is 0 Å². The van der Waals surface area contributed by atoms with Gasteiger partial charge in [0.2, 0.25) is 0 Å². The molecule has 0 aliphatic carbocycles. The van der Waals surface area contributed by atoms with Gasteiger partial charge in [0.05, 0.1) is 19.6 Å². The van der Waals surface area contributed by atoms with Crippen LogP contribution in [0.4, 0.5) is 11.4 Å². The van der Waals surface area contributed by atoms with Gasteiger partial charge in [-0.05, 0) is 23.3 Å². The van der Waals surface area contributed by atoms with Gasteiger partial charge in [-0.1, -0.05) is 72.4 Å². The van der Waals surface area contributed by atoms with E-state index in [1.165, 1.54) is 24.3 Å². The Labute approximate surface area is 192 Å². The third-order valence-electron chi connectivity index (χ3n) is 4.98. The molecule has 0 radical (unpaired) electrons. The molecule has 4 aromatic carbocycles. The number of hydrogen-bond donors (Lipinski definition) is 2. The van der Waals surface area contributed by atoms with Gasteiger partial charge in [0.1, 0.15) is 22.6 Å². The van der Waals surface area contributed by atoms with E-state index in [4.69, 9.17) is 0 Å². The van der Waals surface area contributed by atoms with E-state index < -0.39 is 9.85 Å². The number of hydrogen-bond acceptors (Lipinski definition) is 7. The van der Waals surface area contributed by atoms with E-state index in [1.807, 2.05) is 0 Å². The van der Waals surface area contributed by atoms with E-state index in [-0.39, 0.29) is 43.8 Å². The maximum Gasteiger partial charge on any atom is 0.281 e. The largest absolute Gasteiger partial charge is 0.506 e. The minimum atomic E-state index is -0.576. The monoisotopic (exact) mass is 460 g/mol. The molecular formula is C24H16N2O6S. The van der Waals surface area contributed by atoms with Gasteiger partial charge in [-0.15, -0.1) is 0 Å². The minimum absolute atomic E-state index is 0.0512. The zero-order valence-corrected chi connectivity index (χ0v) is 17.7. The van der Waals surface area contributed by atoms with E-state index >= 15 is 0 Å². The van der Waals surface area contributed by atoms with Crippen LogP contribution in [0.25, 0.3) is 22.3 Å². The standard InChI is InChI=1S/C24H16N2O6S/c27-23-19(13-11-17(25(29)30)21(23)15-7-3-1-4-8-15)33-20-14-12-18(26(31)32)22(24(20)28)16-9-5-2-6-10-16/h1-14,27-28H. The summed E-state index contributed by atoms with van der Waals surface area (Å²) < 4.78 is 0. The highest BCUT2D eigenvalue weighted by Gasteiger charge is 2.26. The average molecular weight is 460 g/mol. The van der Waals surface area contributed by atoms with Crippen LogP contribution in [0.1, 0.15) is 0 Å². The lowest BCUT2D eigenvalue weighted by Gasteiger charge is -2.13. The molecule has 0 heterocycles. The molecule has 0 spiro atoms. The van der Waals surface area contributed by atoms with Crippen molar-refractivity contribution in [2.45, 2.75) is 9.79 Å². The van der Waals surface area contributed by atoms with Crippen molar-refractivity contribution < 1.29 is 20.1 Å². The number of nitro groups is 2. The first-order valence-corrected chi connectivity index (χ1v) is 10.5. The quantitative estimate of drug-likeness (QED) is 0.252. The van der Waals surface area contributed by atoms with E-state index in [9.17, 15) is 30.4 Å². The van der Waals surface area contributed by atoms with Gasteiger partial charge >= 0.3 is 0 Å². The Morgan fingerprint density at radius 3 is 1.27 bits per heavy atom. The van der Waals surface area contributed by atoms with E-state index in [0.717, 1.165) is 11.8 Å². The zero-order chi connectivity index (χ0) is 23.5. The molecule has 164 valence electrons. The molecule has 9 heteroatoms. The Balaban J connectivity index is 1.85. The summed E-state index contributed by atoms with van der Waals surface area (Å²) in [5.74, 6) is -0.640. The van der Waals surface area contributed by atoms with E-state index in [2.05, 4.69) is 0 Å². The fourth-order valence-electron chi connectivity index (χ4n) is 3.49. The van der Waals surface area contributed by atoms with Crippen LogP contribution in [-0.4, -0.2) is 20.1 Å². The molecule has 0 aliphatic heterocycles. The predicted molar refractivity (Wildman–Crippen MR) is 125 cm³/mol. The maximum absolute atomic E-state index is 11.6. The molecule has 0 atom stereocenters. The molecule has 4 aromatic rings. The molecule has 0 aromatic heterocycles. The van der Waals surface area contributed by atoms with Crippen LogP contribution in [0.2, 0.25) is 0 Å². The maximum atomic E-state index is 11.6. The predicted octanol–water partition coefficient (Wildman–Crippen LogP) is 6.40. The molecule has 0 bridgehead atoms. The zero-order valence-electron chi connectivity index (χ0n) is 16.9. The number of nitro benzene ring substituents is 2. The van der Waals surface area contributed by atoms with Crippen molar-refractivity contribution in [3.63, 3.8) is 0 Å². The summed E-state index contributed by atoms with van der Waals surface area (Å²) in [5.41, 5.74) is 0.497. The second kappa shape index (κ2) is 9.01. The number of phenolic OH excluding ortho intramolecular Hbond substituents is 2. The number of aromatic hydroxyl groups is 2. The minimum Gasteiger partial charge on any atom is -0.506 e. The van der Waals surface area contributed by atoms with Gasteiger partial charge in [-0.2, -0.15) is 0 Å². The lowest BCUT2D eigenvalue weighted by atomic mass is 10.0. The van der Waals surface area contributed by atoms with Gasteiger partial charge < -0.3 is 10.2 Å². The van der Waals surface area contributed by atoms with E-state index in [0.29, 0.717) is 11.1 Å². The molecule has 0 saturated heterocycles. The molecule has 0 amide bonds. The van der Waals surface area contributed by atoms with Gasteiger partial charge in [0, 0.05) is 12.1 Å². The molecule has 8 nitrogen and oxygen atoms in total. The highest BCUT2D eigenvalue weighted by atomic mass is 32.2. The van der Waals surface area contributed by atoms with Gasteiger partial charge in [0.15, 0.2) is 0 Å². The fraction of sp³-hybridized carbons (Fsp3) is 0. The van der Waals surface area contributed by atoms with Crippen LogP contribution >= 0.6 is 11.8 Å². The number of benzene rings is 4. The van der Waals surface area contributed by atoms with Crippen molar-refractivity contribution >= 4 is 23.1 Å². The number of nitrogens with zero attached hydrogens (tertiary/aromatic N) is 2. The summed E-state index contributed by atoms with van der Waals surface area (Å²) in [6, 6.07) is 22.2. The Morgan fingerprint density at radius 2 is 0.939 bits per heavy atom. The van der Waals surface area contributed by atoms with Crippen molar-refractivity contribution in [1.82, 2.24) is 0 Å². The first-order valence-electron chi connectivity index (χ1n) is 9.68. The smallest absolute Gasteiger partial charge is 0.281 e. The lowest BCUT2D eigenvalue weighted by Crippen LogP contribution is -1.95. The molecule has 0 unspecified atom stereocenters. The molecule has 0 aliphatic rings. The first kappa shape index (κ1) is 21.8. The van der Waals surface area contributed by atoms with Crippen LogP contribution in [0, 0.1) is 20.2 Å². The Morgan fingerprint density at radius 1 is 0.576 bits per heavy atom.